The standard InChI is InChI=1S/C32H37NO12/c1-13-19(44-23-9-18(33)27(36)14(2)43-23)7-8-22(42-13)45-20-11-32(41,21(35)12-34)10-17-24(20)31(40)26-25(30(17)39)28(37)15-5-3-4-6-16(15)29(26)38/h3-6,13-14,18-20,22-23,27,34,36,39-41H,7-12,33H2,1-2H3/t13?,14?,18?,19?,20-,22?,23?,27?,32-/m0/s1. The molecule has 4 aliphatic rings. The molecule has 0 amide bonds. The lowest BCUT2D eigenvalue weighted by Gasteiger charge is -2.43. The minimum atomic E-state index is -2.21. The molecule has 2 aromatic carbocycles. The van der Waals surface area contributed by atoms with Gasteiger partial charge in [0.1, 0.15) is 23.7 Å². The maximum atomic E-state index is 13.5. The Labute approximate surface area is 258 Å². The summed E-state index contributed by atoms with van der Waals surface area (Å²) in [5, 5.41) is 54.0. The maximum absolute atomic E-state index is 13.5. The van der Waals surface area contributed by atoms with E-state index < -0.39 is 109 Å². The Morgan fingerprint density at radius 3 is 2.20 bits per heavy atom. The van der Waals surface area contributed by atoms with Crippen LogP contribution in [0.15, 0.2) is 24.3 Å². The lowest BCUT2D eigenvalue weighted by Crippen LogP contribution is -2.53. The summed E-state index contributed by atoms with van der Waals surface area (Å²) in [6.45, 7) is 2.48. The SMILES string of the molecule is CC1OC(O[C@H]2C[C@](O)(C(=O)CO)Cc3c(O)c4c(c(O)c32)C(=O)c2ccccc2C4=O)CCC1OC1CC(N)C(O)C(C)O1. The monoisotopic (exact) mass is 627 g/mol. The average molecular weight is 628 g/mol. The summed E-state index contributed by atoms with van der Waals surface area (Å²) in [5.74, 6) is -3.56. The van der Waals surface area contributed by atoms with Crippen molar-refractivity contribution in [3.8, 4) is 11.5 Å². The number of aromatic hydroxyl groups is 2. The molecule has 0 saturated carbocycles. The number of benzene rings is 2. The van der Waals surface area contributed by atoms with Crippen molar-refractivity contribution in [3.05, 3.63) is 57.6 Å². The topological polar surface area (TPSA) is 215 Å². The second kappa shape index (κ2) is 11.8. The predicted octanol–water partition coefficient (Wildman–Crippen LogP) is 0.903. The molecule has 0 spiro atoms. The lowest BCUT2D eigenvalue weighted by atomic mass is 9.72. The summed E-state index contributed by atoms with van der Waals surface area (Å²) in [4.78, 5) is 39.7. The third-order valence-electron chi connectivity index (χ3n) is 9.41. The molecule has 2 aliphatic heterocycles. The highest BCUT2D eigenvalue weighted by Crippen LogP contribution is 2.52. The number of ketones is 3. The van der Waals surface area contributed by atoms with Gasteiger partial charge in [0, 0.05) is 54.0 Å². The van der Waals surface area contributed by atoms with Gasteiger partial charge in [0.25, 0.3) is 0 Å². The Morgan fingerprint density at radius 1 is 0.978 bits per heavy atom. The van der Waals surface area contributed by atoms with Crippen LogP contribution in [-0.2, 0) is 30.2 Å². The van der Waals surface area contributed by atoms with Crippen molar-refractivity contribution in [1.29, 1.82) is 0 Å². The van der Waals surface area contributed by atoms with E-state index in [-0.39, 0.29) is 34.2 Å². The number of aliphatic hydroxyl groups is 3. The van der Waals surface area contributed by atoms with Crippen LogP contribution >= 0.6 is 0 Å². The number of phenolic OH excluding ortho intramolecular Hbond substituents is 2. The molecule has 13 nitrogen and oxygen atoms in total. The first-order valence-electron chi connectivity index (χ1n) is 15.1. The summed E-state index contributed by atoms with van der Waals surface area (Å²) in [7, 11) is 0. The molecule has 2 heterocycles. The molecule has 45 heavy (non-hydrogen) atoms. The van der Waals surface area contributed by atoms with Crippen LogP contribution in [0.1, 0.15) is 88.6 Å². The Morgan fingerprint density at radius 2 is 1.60 bits per heavy atom. The third-order valence-corrected chi connectivity index (χ3v) is 9.41. The molecule has 0 radical (unpaired) electrons. The van der Waals surface area contributed by atoms with E-state index in [0.717, 1.165) is 0 Å². The highest BCUT2D eigenvalue weighted by Gasteiger charge is 2.49. The Kier molecular flexibility index (Phi) is 8.33. The Balaban J connectivity index is 1.29. The summed E-state index contributed by atoms with van der Waals surface area (Å²) < 4.78 is 24.2. The van der Waals surface area contributed by atoms with E-state index in [1.54, 1.807) is 26.0 Å². The summed E-state index contributed by atoms with van der Waals surface area (Å²) in [6, 6.07) is 5.52. The van der Waals surface area contributed by atoms with Crippen LogP contribution in [0, 0.1) is 0 Å². The zero-order valence-electron chi connectivity index (χ0n) is 24.8. The van der Waals surface area contributed by atoms with Gasteiger partial charge in [0.2, 0.25) is 0 Å². The van der Waals surface area contributed by atoms with Gasteiger partial charge in [-0.1, -0.05) is 24.3 Å². The zero-order chi connectivity index (χ0) is 32.4. The number of carbonyl (C=O) groups is 3. The van der Waals surface area contributed by atoms with Gasteiger partial charge in [-0.25, -0.2) is 0 Å². The molecule has 2 aromatic rings. The summed E-state index contributed by atoms with van der Waals surface area (Å²) >= 11 is 0. The van der Waals surface area contributed by atoms with Crippen LogP contribution in [0.3, 0.4) is 0 Å². The van der Waals surface area contributed by atoms with Gasteiger partial charge in [-0.05, 0) is 20.3 Å². The molecule has 9 atom stereocenters. The van der Waals surface area contributed by atoms with Gasteiger partial charge in [-0.2, -0.15) is 0 Å². The minimum absolute atomic E-state index is 0.0440. The first-order chi connectivity index (χ1) is 21.3. The molecular formula is C32H37NO12. The zero-order valence-corrected chi connectivity index (χ0v) is 24.8. The molecule has 2 aliphatic carbocycles. The minimum Gasteiger partial charge on any atom is -0.507 e. The highest BCUT2D eigenvalue weighted by atomic mass is 16.7. The van der Waals surface area contributed by atoms with Crippen molar-refractivity contribution in [2.75, 3.05) is 6.61 Å². The fourth-order valence-corrected chi connectivity index (χ4v) is 6.92. The number of Topliss-reactive ketones (excluding diaryl/α,β-unsaturated/α-hetero) is 1. The molecule has 6 rings (SSSR count). The smallest absolute Gasteiger partial charge is 0.198 e. The van der Waals surface area contributed by atoms with E-state index in [4.69, 9.17) is 24.7 Å². The molecule has 242 valence electrons. The lowest BCUT2D eigenvalue weighted by molar-refractivity contribution is -0.291. The molecule has 13 heteroatoms. The first kappa shape index (κ1) is 31.7. The van der Waals surface area contributed by atoms with Crippen molar-refractivity contribution < 1.29 is 58.9 Å². The van der Waals surface area contributed by atoms with Crippen LogP contribution in [0.4, 0.5) is 0 Å². The van der Waals surface area contributed by atoms with Gasteiger partial charge in [-0.15, -0.1) is 0 Å². The van der Waals surface area contributed by atoms with E-state index in [0.29, 0.717) is 12.8 Å². The normalized spacial score (nSPS) is 34.5. The first-order valence-corrected chi connectivity index (χ1v) is 15.1. The van der Waals surface area contributed by atoms with Crippen molar-refractivity contribution >= 4 is 17.3 Å². The van der Waals surface area contributed by atoms with E-state index in [1.807, 2.05) is 0 Å². The van der Waals surface area contributed by atoms with Gasteiger partial charge in [0.15, 0.2) is 29.9 Å². The number of carbonyl (C=O) groups excluding carboxylic acids is 3. The number of hydrogen-bond acceptors (Lipinski definition) is 13. The van der Waals surface area contributed by atoms with Crippen LogP contribution in [0.5, 0.6) is 11.5 Å². The number of nitrogens with two attached hydrogens (primary N) is 1. The van der Waals surface area contributed by atoms with Crippen molar-refractivity contribution in [2.45, 2.75) is 101 Å². The van der Waals surface area contributed by atoms with Crippen molar-refractivity contribution in [2.24, 2.45) is 5.73 Å². The highest BCUT2D eigenvalue weighted by molar-refractivity contribution is 6.30. The molecule has 0 aromatic heterocycles. The van der Waals surface area contributed by atoms with E-state index >= 15 is 0 Å². The van der Waals surface area contributed by atoms with E-state index in [9.17, 15) is 39.9 Å². The second-order valence-electron chi connectivity index (χ2n) is 12.3. The van der Waals surface area contributed by atoms with Crippen LogP contribution in [0.25, 0.3) is 0 Å². The third kappa shape index (κ3) is 5.36. The fourth-order valence-electron chi connectivity index (χ4n) is 6.92. The molecule has 7 N–H and O–H groups in total. The molecule has 0 bridgehead atoms. The Hall–Kier alpha value is -3.27. The molecule has 2 saturated heterocycles. The molecule has 7 unspecified atom stereocenters. The van der Waals surface area contributed by atoms with Gasteiger partial charge in [-0.3, -0.25) is 14.4 Å². The summed E-state index contributed by atoms with van der Waals surface area (Å²) in [6.07, 6.45) is -5.02. The van der Waals surface area contributed by atoms with Crippen LogP contribution in [0.2, 0.25) is 0 Å². The number of aliphatic hydroxyl groups excluding tert-OH is 2. The number of phenols is 2. The van der Waals surface area contributed by atoms with E-state index in [2.05, 4.69) is 0 Å². The van der Waals surface area contributed by atoms with E-state index in [1.165, 1.54) is 12.1 Å². The number of hydrogen-bond donors (Lipinski definition) is 6. The number of ether oxygens (including phenoxy) is 4. The number of rotatable bonds is 6. The van der Waals surface area contributed by atoms with Crippen LogP contribution < -0.4 is 5.73 Å². The maximum Gasteiger partial charge on any atom is 0.198 e. The average Bonchev–Trinajstić information content (AvgIpc) is 3.01. The molecule has 2 fully saturated rings. The second-order valence-corrected chi connectivity index (χ2v) is 12.3. The van der Waals surface area contributed by atoms with Gasteiger partial charge >= 0.3 is 0 Å². The predicted molar refractivity (Wildman–Crippen MR) is 154 cm³/mol. The van der Waals surface area contributed by atoms with Crippen LogP contribution in [-0.4, -0.2) is 98.1 Å². The fraction of sp³-hybridized carbons (Fsp3) is 0.531. The number of fused-ring (bicyclic) bond motifs is 3. The van der Waals surface area contributed by atoms with Gasteiger partial charge in [0.05, 0.1) is 41.6 Å². The largest absolute Gasteiger partial charge is 0.507 e. The molecular weight excluding hydrogens is 590 g/mol. The van der Waals surface area contributed by atoms with Gasteiger partial charge < -0.3 is 50.2 Å². The quantitative estimate of drug-likeness (QED) is 0.210. The van der Waals surface area contributed by atoms with Crippen molar-refractivity contribution in [3.63, 3.8) is 0 Å². The Bertz CT molecular complexity index is 1530. The van der Waals surface area contributed by atoms with Crippen molar-refractivity contribution in [1.82, 2.24) is 0 Å². The summed E-state index contributed by atoms with van der Waals surface area (Å²) in [5.41, 5.74) is 2.91.